The second kappa shape index (κ2) is 6.41. The molecular formula is C23H24O3. The molecule has 0 saturated heterocycles. The van der Waals surface area contributed by atoms with Gasteiger partial charge in [0.25, 0.3) is 0 Å². The van der Waals surface area contributed by atoms with Gasteiger partial charge in [0.2, 0.25) is 0 Å². The second-order valence-electron chi connectivity index (χ2n) is 7.39. The summed E-state index contributed by atoms with van der Waals surface area (Å²) in [5.74, 6) is 0.689. The van der Waals surface area contributed by atoms with E-state index in [1.165, 1.54) is 0 Å². The van der Waals surface area contributed by atoms with Crippen molar-refractivity contribution in [1.82, 2.24) is 0 Å². The summed E-state index contributed by atoms with van der Waals surface area (Å²) in [4.78, 5) is 0. The lowest BCUT2D eigenvalue weighted by Crippen LogP contribution is -2.43. The molecule has 0 amide bonds. The minimum Gasteiger partial charge on any atom is -0.508 e. The van der Waals surface area contributed by atoms with Crippen LogP contribution in [-0.2, 0) is 10.8 Å². The van der Waals surface area contributed by atoms with Crippen LogP contribution < -0.4 is 0 Å². The molecule has 0 spiro atoms. The highest BCUT2D eigenvalue weighted by atomic mass is 16.3. The number of benzene rings is 3. The first-order valence-electron chi connectivity index (χ1n) is 8.63. The van der Waals surface area contributed by atoms with Gasteiger partial charge in [0, 0.05) is 10.8 Å². The summed E-state index contributed by atoms with van der Waals surface area (Å²) >= 11 is 0. The van der Waals surface area contributed by atoms with E-state index in [9.17, 15) is 15.3 Å². The topological polar surface area (TPSA) is 60.7 Å². The van der Waals surface area contributed by atoms with Crippen LogP contribution in [0, 0.1) is 0 Å². The van der Waals surface area contributed by atoms with E-state index in [0.29, 0.717) is 0 Å². The van der Waals surface area contributed by atoms with Gasteiger partial charge in [-0.3, -0.25) is 0 Å². The van der Waals surface area contributed by atoms with Crippen molar-refractivity contribution in [3.8, 4) is 17.2 Å². The van der Waals surface area contributed by atoms with Crippen LogP contribution in [-0.4, -0.2) is 15.3 Å². The minimum absolute atomic E-state index is 0.226. The van der Waals surface area contributed by atoms with Gasteiger partial charge in [0.05, 0.1) is 0 Å². The number of phenolic OH excluding ortho intramolecular Hbond substituents is 3. The Morgan fingerprint density at radius 3 is 1.04 bits per heavy atom. The molecule has 0 radical (unpaired) electrons. The van der Waals surface area contributed by atoms with Gasteiger partial charge >= 0.3 is 0 Å². The highest BCUT2D eigenvalue weighted by Gasteiger charge is 2.44. The van der Waals surface area contributed by atoms with Gasteiger partial charge in [0.15, 0.2) is 0 Å². The fourth-order valence-corrected chi connectivity index (χ4v) is 3.64. The largest absolute Gasteiger partial charge is 0.508 e. The third-order valence-corrected chi connectivity index (χ3v) is 5.73. The van der Waals surface area contributed by atoms with Crippen LogP contribution in [0.3, 0.4) is 0 Å². The minimum atomic E-state index is -0.439. The lowest BCUT2D eigenvalue weighted by Gasteiger charge is -2.46. The molecule has 3 nitrogen and oxygen atoms in total. The van der Waals surface area contributed by atoms with Gasteiger partial charge in [-0.1, -0.05) is 57.2 Å². The molecule has 26 heavy (non-hydrogen) atoms. The molecule has 0 fully saturated rings. The molecule has 3 aromatic carbocycles. The molecule has 0 aliphatic carbocycles. The molecule has 3 rings (SSSR count). The summed E-state index contributed by atoms with van der Waals surface area (Å²) in [7, 11) is 0. The molecule has 3 N–H and O–H groups in total. The van der Waals surface area contributed by atoms with Gasteiger partial charge in [-0.2, -0.15) is 0 Å². The van der Waals surface area contributed by atoms with Crippen LogP contribution in [0.15, 0.2) is 72.8 Å². The Labute approximate surface area is 154 Å². The van der Waals surface area contributed by atoms with E-state index in [-0.39, 0.29) is 22.7 Å². The van der Waals surface area contributed by atoms with Crippen molar-refractivity contribution in [3.05, 3.63) is 89.5 Å². The van der Waals surface area contributed by atoms with E-state index >= 15 is 0 Å². The van der Waals surface area contributed by atoms with E-state index < -0.39 is 5.41 Å². The van der Waals surface area contributed by atoms with Gasteiger partial charge in [0.1, 0.15) is 17.2 Å². The molecular weight excluding hydrogens is 324 g/mol. The molecule has 0 aromatic heterocycles. The number of aromatic hydroxyl groups is 3. The fourth-order valence-electron chi connectivity index (χ4n) is 3.64. The summed E-state index contributed by atoms with van der Waals surface area (Å²) in [6.45, 7) is 6.50. The molecule has 0 aliphatic heterocycles. The monoisotopic (exact) mass is 348 g/mol. The quantitative estimate of drug-likeness (QED) is 0.616. The van der Waals surface area contributed by atoms with Crippen molar-refractivity contribution in [2.45, 2.75) is 31.6 Å². The third-order valence-electron chi connectivity index (χ3n) is 5.73. The van der Waals surface area contributed by atoms with E-state index in [2.05, 4.69) is 20.8 Å². The summed E-state index contributed by atoms with van der Waals surface area (Å²) in [5.41, 5.74) is 2.41. The Morgan fingerprint density at radius 1 is 0.462 bits per heavy atom. The van der Waals surface area contributed by atoms with Crippen molar-refractivity contribution in [2.24, 2.45) is 0 Å². The zero-order valence-corrected chi connectivity index (χ0v) is 15.3. The summed E-state index contributed by atoms with van der Waals surface area (Å²) in [6, 6.07) is 21.8. The predicted octanol–water partition coefficient (Wildman–Crippen LogP) is 5.09. The molecule has 134 valence electrons. The normalized spacial score (nSPS) is 12.1. The fraction of sp³-hybridized carbons (Fsp3) is 0.217. The first kappa shape index (κ1) is 17.9. The molecule has 3 heteroatoms. The summed E-state index contributed by atoms with van der Waals surface area (Å²) in [5, 5.41) is 29.1. The van der Waals surface area contributed by atoms with Crippen molar-refractivity contribution < 1.29 is 15.3 Å². The Balaban J connectivity index is 2.24. The SMILES string of the molecule is CC(C)(c1ccc(O)cc1)C(C)(c1ccc(O)cc1)c1ccc(O)cc1. The van der Waals surface area contributed by atoms with E-state index in [1.54, 1.807) is 36.4 Å². The first-order valence-corrected chi connectivity index (χ1v) is 8.63. The van der Waals surface area contributed by atoms with Crippen molar-refractivity contribution in [3.63, 3.8) is 0 Å². The highest BCUT2D eigenvalue weighted by molar-refractivity contribution is 5.49. The lowest BCUT2D eigenvalue weighted by atomic mass is 9.57. The maximum absolute atomic E-state index is 9.72. The molecule has 0 atom stereocenters. The van der Waals surface area contributed by atoms with Crippen LogP contribution in [0.5, 0.6) is 17.2 Å². The van der Waals surface area contributed by atoms with Gasteiger partial charge in [-0.15, -0.1) is 0 Å². The van der Waals surface area contributed by atoms with Gasteiger partial charge in [-0.25, -0.2) is 0 Å². The van der Waals surface area contributed by atoms with E-state index in [1.807, 2.05) is 36.4 Å². The molecule has 3 aromatic rings. The lowest BCUT2D eigenvalue weighted by molar-refractivity contribution is 0.329. The zero-order valence-electron chi connectivity index (χ0n) is 15.3. The maximum atomic E-state index is 9.72. The van der Waals surface area contributed by atoms with Crippen LogP contribution in [0.2, 0.25) is 0 Å². The van der Waals surface area contributed by atoms with E-state index in [0.717, 1.165) is 16.7 Å². The first-order chi connectivity index (χ1) is 12.2. The zero-order chi connectivity index (χ0) is 18.9. The average Bonchev–Trinajstić information content (AvgIpc) is 2.62. The highest BCUT2D eigenvalue weighted by Crippen LogP contribution is 2.49. The maximum Gasteiger partial charge on any atom is 0.115 e. The molecule has 0 saturated carbocycles. The standard InChI is InChI=1S/C23H24O3/c1-22(2,16-4-10-19(24)11-5-16)23(3,17-6-12-20(25)13-7-17)18-8-14-21(26)15-9-18/h4-15,24-26H,1-3H3. The Bertz CT molecular complexity index is 831. The summed E-state index contributed by atoms with van der Waals surface area (Å²) in [6.07, 6.45) is 0. The number of rotatable bonds is 4. The van der Waals surface area contributed by atoms with Crippen LogP contribution >= 0.6 is 0 Å². The molecule has 0 unspecified atom stereocenters. The van der Waals surface area contributed by atoms with Crippen molar-refractivity contribution in [2.75, 3.05) is 0 Å². The Morgan fingerprint density at radius 2 is 0.731 bits per heavy atom. The van der Waals surface area contributed by atoms with Gasteiger partial charge < -0.3 is 15.3 Å². The number of phenols is 3. The molecule has 0 aliphatic rings. The molecule has 0 heterocycles. The van der Waals surface area contributed by atoms with Crippen molar-refractivity contribution >= 4 is 0 Å². The second-order valence-corrected chi connectivity index (χ2v) is 7.39. The average molecular weight is 348 g/mol. The summed E-state index contributed by atoms with van der Waals surface area (Å²) < 4.78 is 0. The Hall–Kier alpha value is -2.94. The number of hydrogen-bond donors (Lipinski definition) is 3. The molecule has 0 bridgehead atoms. The van der Waals surface area contributed by atoms with Crippen molar-refractivity contribution in [1.29, 1.82) is 0 Å². The van der Waals surface area contributed by atoms with Crippen LogP contribution in [0.1, 0.15) is 37.5 Å². The predicted molar refractivity (Wildman–Crippen MR) is 104 cm³/mol. The van der Waals surface area contributed by atoms with Crippen LogP contribution in [0.4, 0.5) is 0 Å². The van der Waals surface area contributed by atoms with Crippen LogP contribution in [0.25, 0.3) is 0 Å². The number of hydrogen-bond acceptors (Lipinski definition) is 3. The van der Waals surface area contributed by atoms with E-state index in [4.69, 9.17) is 0 Å². The Kier molecular flexibility index (Phi) is 4.41. The smallest absolute Gasteiger partial charge is 0.115 e. The third kappa shape index (κ3) is 2.90. The van der Waals surface area contributed by atoms with Gasteiger partial charge in [-0.05, 0) is 53.1 Å².